The molecule has 1 aliphatic carbocycles. The molecule has 0 radical (unpaired) electrons. The molecule has 2 aromatic heterocycles. The molecule has 0 aromatic carbocycles. The minimum Gasteiger partial charge on any atom is -0.379 e. The van der Waals surface area contributed by atoms with Crippen molar-refractivity contribution in [1.29, 1.82) is 0 Å². The first-order valence-electron chi connectivity index (χ1n) is 14.7. The number of ether oxygens (including phenoxy) is 1. The molecular weight excluding hydrogens is 612 g/mol. The van der Waals surface area contributed by atoms with Crippen molar-refractivity contribution in [2.45, 2.75) is 63.5 Å². The van der Waals surface area contributed by atoms with Crippen LogP contribution in [-0.4, -0.2) is 83.4 Å². The number of hydrogen-bond donors (Lipinski definition) is 2. The summed E-state index contributed by atoms with van der Waals surface area (Å²) in [5.41, 5.74) is -4.09. The average Bonchev–Trinajstić information content (AvgIpc) is 3.49. The summed E-state index contributed by atoms with van der Waals surface area (Å²) in [4.78, 5) is 47.1. The summed E-state index contributed by atoms with van der Waals surface area (Å²) >= 11 is 0. The van der Waals surface area contributed by atoms with Crippen LogP contribution in [0.5, 0.6) is 0 Å². The summed E-state index contributed by atoms with van der Waals surface area (Å²) in [5.74, 6) is -0.240. The summed E-state index contributed by atoms with van der Waals surface area (Å²) in [6, 6.07) is -0.493. The van der Waals surface area contributed by atoms with Gasteiger partial charge in [-0.3, -0.25) is 14.4 Å². The molecule has 2 N–H and O–H groups in total. The molecule has 45 heavy (non-hydrogen) atoms. The maximum atomic E-state index is 13.7. The molecule has 3 aliphatic rings. The SMILES string of the molecule is C[C@@H](COCCC(=O)N1CCN2c3ncc(C(F)(F)F)cc3N(CC3CCCC3)C(=O)C2C1)Nc1cn[nH]c(=O)c1C(F)(F)F. The first-order valence-corrected chi connectivity index (χ1v) is 14.7. The normalized spacial score (nSPS) is 19.8. The molecule has 17 heteroatoms. The van der Waals surface area contributed by atoms with Crippen molar-refractivity contribution in [2.24, 2.45) is 5.92 Å². The van der Waals surface area contributed by atoms with Crippen LogP contribution in [0.25, 0.3) is 0 Å². The standard InChI is InChI=1S/C28H33F6N7O4/c1-16(37-19-12-36-38-25(43)23(19)28(32,33)34)15-45-9-6-22(42)39-7-8-40-21(14-39)26(44)41(13-17-4-2-3-5-17)20-10-18(27(29,30)31)11-35-24(20)40/h10-12,16-17,21H,2-9,13-15H2,1H3,(H2,37,38,43)/t16-,21?/m0/s1. The molecule has 2 aliphatic heterocycles. The Bertz CT molecular complexity index is 1460. The number of aromatic nitrogens is 3. The quantitative estimate of drug-likeness (QED) is 0.313. The number of aromatic amines is 1. The summed E-state index contributed by atoms with van der Waals surface area (Å²) < 4.78 is 85.9. The molecule has 2 aromatic rings. The lowest BCUT2D eigenvalue weighted by atomic mass is 10.0. The largest absolute Gasteiger partial charge is 0.423 e. The Morgan fingerprint density at radius 3 is 2.53 bits per heavy atom. The van der Waals surface area contributed by atoms with E-state index in [0.717, 1.165) is 44.1 Å². The Kier molecular flexibility index (Phi) is 9.28. The second-order valence-electron chi connectivity index (χ2n) is 11.6. The van der Waals surface area contributed by atoms with Crippen LogP contribution in [-0.2, 0) is 26.7 Å². The van der Waals surface area contributed by atoms with Crippen molar-refractivity contribution in [1.82, 2.24) is 20.1 Å². The second-order valence-corrected chi connectivity index (χ2v) is 11.6. The Morgan fingerprint density at radius 2 is 1.84 bits per heavy atom. The van der Waals surface area contributed by atoms with Gasteiger partial charge in [0.15, 0.2) is 5.82 Å². The number of fused-ring (bicyclic) bond motifs is 3. The Hall–Kier alpha value is -3.89. The lowest BCUT2D eigenvalue weighted by Crippen LogP contribution is -2.64. The molecular formula is C28H33F6N7O4. The van der Waals surface area contributed by atoms with Crippen LogP contribution in [0, 0.1) is 5.92 Å². The maximum absolute atomic E-state index is 13.7. The third-order valence-corrected chi connectivity index (χ3v) is 8.31. The zero-order chi connectivity index (χ0) is 32.5. The molecule has 2 atom stereocenters. The number of hydrogen-bond acceptors (Lipinski definition) is 8. The van der Waals surface area contributed by atoms with E-state index in [9.17, 15) is 40.7 Å². The Balaban J connectivity index is 1.19. The Morgan fingerprint density at radius 1 is 1.11 bits per heavy atom. The Labute approximate surface area is 253 Å². The number of nitrogens with one attached hydrogen (secondary N) is 2. The van der Waals surface area contributed by atoms with Gasteiger partial charge in [-0.25, -0.2) is 10.1 Å². The lowest BCUT2D eigenvalue weighted by molar-refractivity contribution is -0.138. The molecule has 246 valence electrons. The highest BCUT2D eigenvalue weighted by atomic mass is 19.4. The van der Waals surface area contributed by atoms with Gasteiger partial charge in [0, 0.05) is 31.9 Å². The molecule has 1 saturated heterocycles. The van der Waals surface area contributed by atoms with E-state index in [2.05, 4.69) is 15.4 Å². The van der Waals surface area contributed by atoms with Gasteiger partial charge in [-0.1, -0.05) is 12.8 Å². The minimum absolute atomic E-state index is 0.0225. The van der Waals surface area contributed by atoms with Gasteiger partial charge in [-0.2, -0.15) is 31.4 Å². The van der Waals surface area contributed by atoms with Crippen molar-refractivity contribution < 1.29 is 40.7 Å². The lowest BCUT2D eigenvalue weighted by Gasteiger charge is -2.47. The van der Waals surface area contributed by atoms with Crippen LogP contribution in [0.15, 0.2) is 23.3 Å². The highest BCUT2D eigenvalue weighted by Crippen LogP contribution is 2.41. The predicted octanol–water partition coefficient (Wildman–Crippen LogP) is 3.66. The molecule has 0 bridgehead atoms. The van der Waals surface area contributed by atoms with Crippen LogP contribution in [0.1, 0.15) is 50.2 Å². The first kappa shape index (κ1) is 32.5. The predicted molar refractivity (Wildman–Crippen MR) is 150 cm³/mol. The van der Waals surface area contributed by atoms with E-state index in [1.165, 1.54) is 16.7 Å². The van der Waals surface area contributed by atoms with Crippen LogP contribution in [0.3, 0.4) is 0 Å². The second kappa shape index (κ2) is 12.8. The fourth-order valence-corrected chi connectivity index (χ4v) is 6.11. The average molecular weight is 646 g/mol. The maximum Gasteiger partial charge on any atom is 0.423 e. The molecule has 5 rings (SSSR count). The fraction of sp³-hybridized carbons (Fsp3) is 0.607. The smallest absolute Gasteiger partial charge is 0.379 e. The monoisotopic (exact) mass is 645 g/mol. The number of alkyl halides is 6. The minimum atomic E-state index is -4.90. The van der Waals surface area contributed by atoms with Gasteiger partial charge in [0.25, 0.3) is 11.5 Å². The molecule has 0 spiro atoms. The van der Waals surface area contributed by atoms with Crippen molar-refractivity contribution >= 4 is 29.0 Å². The number of anilines is 3. The van der Waals surface area contributed by atoms with Crippen LogP contribution < -0.4 is 20.7 Å². The van der Waals surface area contributed by atoms with E-state index in [4.69, 9.17) is 4.74 Å². The number of H-pyrrole nitrogens is 1. The summed E-state index contributed by atoms with van der Waals surface area (Å²) in [6.07, 6.45) is -4.22. The highest BCUT2D eigenvalue weighted by Gasteiger charge is 2.45. The zero-order valence-corrected chi connectivity index (χ0v) is 24.4. The van der Waals surface area contributed by atoms with Crippen molar-refractivity contribution in [3.05, 3.63) is 39.9 Å². The highest BCUT2D eigenvalue weighted by molar-refractivity contribution is 6.05. The number of rotatable bonds is 9. The number of amides is 2. The van der Waals surface area contributed by atoms with Gasteiger partial charge in [0.05, 0.1) is 49.3 Å². The molecule has 4 heterocycles. The van der Waals surface area contributed by atoms with E-state index in [0.29, 0.717) is 0 Å². The third-order valence-electron chi connectivity index (χ3n) is 8.31. The number of piperazine rings is 1. The number of pyridine rings is 1. The number of carbonyl (C=O) groups is 2. The van der Waals surface area contributed by atoms with Gasteiger partial charge in [-0.05, 0) is 31.7 Å². The summed E-state index contributed by atoms with van der Waals surface area (Å²) in [7, 11) is 0. The van der Waals surface area contributed by atoms with E-state index in [-0.39, 0.29) is 75.1 Å². The van der Waals surface area contributed by atoms with Crippen molar-refractivity contribution in [3.63, 3.8) is 0 Å². The van der Waals surface area contributed by atoms with Crippen molar-refractivity contribution in [2.75, 3.05) is 54.5 Å². The topological polar surface area (TPSA) is 124 Å². The van der Waals surface area contributed by atoms with E-state index >= 15 is 0 Å². The van der Waals surface area contributed by atoms with Gasteiger partial charge >= 0.3 is 12.4 Å². The molecule has 2 fully saturated rings. The van der Waals surface area contributed by atoms with Crippen molar-refractivity contribution in [3.8, 4) is 0 Å². The summed E-state index contributed by atoms with van der Waals surface area (Å²) in [6.45, 7) is 2.11. The zero-order valence-electron chi connectivity index (χ0n) is 24.4. The van der Waals surface area contributed by atoms with Gasteiger partial charge in [0.1, 0.15) is 11.6 Å². The number of nitrogens with zero attached hydrogens (tertiary/aromatic N) is 5. The molecule has 1 unspecified atom stereocenters. The molecule has 1 saturated carbocycles. The third kappa shape index (κ3) is 7.17. The first-order chi connectivity index (χ1) is 21.2. The van der Waals surface area contributed by atoms with E-state index < -0.39 is 46.8 Å². The van der Waals surface area contributed by atoms with Gasteiger partial charge < -0.3 is 24.8 Å². The number of carbonyl (C=O) groups excluding carboxylic acids is 2. The molecule has 11 nitrogen and oxygen atoms in total. The van der Waals surface area contributed by atoms with Gasteiger partial charge in [-0.15, -0.1) is 0 Å². The number of halogens is 6. The fourth-order valence-electron chi connectivity index (χ4n) is 6.11. The van der Waals surface area contributed by atoms with Gasteiger partial charge in [0.2, 0.25) is 5.91 Å². The molecule has 2 amide bonds. The van der Waals surface area contributed by atoms with Crippen LogP contribution in [0.2, 0.25) is 0 Å². The van der Waals surface area contributed by atoms with Crippen LogP contribution in [0.4, 0.5) is 43.5 Å². The van der Waals surface area contributed by atoms with E-state index in [1.807, 2.05) is 0 Å². The van der Waals surface area contributed by atoms with E-state index in [1.54, 1.807) is 10.00 Å². The summed E-state index contributed by atoms with van der Waals surface area (Å²) in [5, 5.41) is 7.72. The van der Waals surface area contributed by atoms with Crippen LogP contribution >= 0.6 is 0 Å².